The maximum atomic E-state index is 10.9. The summed E-state index contributed by atoms with van der Waals surface area (Å²) in [6, 6.07) is 8.25. The zero-order chi connectivity index (χ0) is 13.8. The Hall–Kier alpha value is -1.03. The average molecular weight is 314 g/mol. The zero-order valence-electron chi connectivity index (χ0n) is 11.1. The van der Waals surface area contributed by atoms with Gasteiger partial charge >= 0.3 is 6.09 Å². The second-order valence-electron chi connectivity index (χ2n) is 5.13. The van der Waals surface area contributed by atoms with Crippen LogP contribution < -0.4 is 0 Å². The van der Waals surface area contributed by atoms with Gasteiger partial charge in [-0.2, -0.15) is 0 Å². The molecule has 0 atom stereocenters. The van der Waals surface area contributed by atoms with Gasteiger partial charge in [0.1, 0.15) is 0 Å². The first-order valence-corrected chi connectivity index (χ1v) is 6.83. The van der Waals surface area contributed by atoms with Crippen LogP contribution in [0.3, 0.4) is 0 Å². The molecule has 100 valence electrons. The molecule has 0 spiro atoms. The van der Waals surface area contributed by atoms with Gasteiger partial charge in [-0.15, -0.1) is 0 Å². The summed E-state index contributed by atoms with van der Waals surface area (Å²) in [5, 5.41) is 8.99. The molecule has 1 aromatic carbocycles. The number of nitrogens with zero attached hydrogens (tertiary/aromatic N) is 1. The zero-order valence-corrected chi connectivity index (χ0v) is 12.7. The lowest BCUT2D eigenvalue weighted by molar-refractivity contribution is 0.105. The van der Waals surface area contributed by atoms with Gasteiger partial charge in [0.15, 0.2) is 0 Å². The van der Waals surface area contributed by atoms with Gasteiger partial charge in [0, 0.05) is 17.1 Å². The second kappa shape index (κ2) is 6.23. The summed E-state index contributed by atoms with van der Waals surface area (Å²) >= 11 is 3.41. The fourth-order valence-corrected chi connectivity index (χ4v) is 2.07. The van der Waals surface area contributed by atoms with Gasteiger partial charge in [-0.25, -0.2) is 4.79 Å². The summed E-state index contributed by atoms with van der Waals surface area (Å²) in [5.41, 5.74) is 0.966. The van der Waals surface area contributed by atoms with Gasteiger partial charge in [-0.05, 0) is 50.8 Å². The molecule has 0 bridgehead atoms. The Morgan fingerprint density at radius 2 is 1.89 bits per heavy atom. The van der Waals surface area contributed by atoms with Gasteiger partial charge in [0.2, 0.25) is 0 Å². The molecule has 0 fully saturated rings. The van der Waals surface area contributed by atoms with E-state index in [0.29, 0.717) is 0 Å². The molecule has 4 heteroatoms. The topological polar surface area (TPSA) is 40.5 Å². The summed E-state index contributed by atoms with van der Waals surface area (Å²) in [5.74, 6) is 0. The van der Waals surface area contributed by atoms with Crippen molar-refractivity contribution in [3.05, 3.63) is 34.3 Å². The molecule has 1 aromatic rings. The fourth-order valence-electron chi connectivity index (χ4n) is 1.80. The van der Waals surface area contributed by atoms with Crippen molar-refractivity contribution in [2.75, 3.05) is 7.05 Å². The van der Waals surface area contributed by atoms with Crippen molar-refractivity contribution in [3.8, 4) is 0 Å². The summed E-state index contributed by atoms with van der Waals surface area (Å²) < 4.78 is 1.08. The van der Waals surface area contributed by atoms with Gasteiger partial charge in [-0.3, -0.25) is 0 Å². The molecule has 1 N–H and O–H groups in total. The maximum Gasteiger partial charge on any atom is 0.407 e. The largest absolute Gasteiger partial charge is 0.465 e. The van der Waals surface area contributed by atoms with E-state index in [4.69, 9.17) is 5.11 Å². The van der Waals surface area contributed by atoms with Gasteiger partial charge < -0.3 is 10.0 Å². The minimum absolute atomic E-state index is 0.318. The van der Waals surface area contributed by atoms with Crippen LogP contribution in [0, 0.1) is 0 Å². The molecule has 0 saturated carbocycles. The van der Waals surface area contributed by atoms with E-state index in [1.54, 1.807) is 7.05 Å². The normalized spacial score (nSPS) is 11.3. The van der Waals surface area contributed by atoms with Crippen LogP contribution in [0.15, 0.2) is 28.7 Å². The number of hydrogen-bond acceptors (Lipinski definition) is 1. The van der Waals surface area contributed by atoms with Crippen LogP contribution in [0.1, 0.15) is 32.3 Å². The van der Waals surface area contributed by atoms with Crippen molar-refractivity contribution in [1.82, 2.24) is 4.90 Å². The summed E-state index contributed by atoms with van der Waals surface area (Å²) in [4.78, 5) is 12.3. The van der Waals surface area contributed by atoms with E-state index in [0.717, 1.165) is 23.7 Å². The number of carboxylic acid groups (broad SMARTS) is 1. The molecular formula is C14H20BrNO2. The standard InChI is InChI=1S/C14H20BrNO2/c1-14(2,16(3)13(17)18)10-4-5-11-6-8-12(15)9-7-11/h6-9H,4-5,10H2,1-3H3,(H,17,18). The quantitative estimate of drug-likeness (QED) is 0.886. The van der Waals surface area contributed by atoms with Crippen LogP contribution in [0.25, 0.3) is 0 Å². The molecule has 0 unspecified atom stereocenters. The third-order valence-corrected chi connectivity index (χ3v) is 3.89. The number of benzene rings is 1. The molecule has 3 nitrogen and oxygen atoms in total. The number of hydrogen-bond donors (Lipinski definition) is 1. The van der Waals surface area contributed by atoms with Gasteiger partial charge in [0.25, 0.3) is 0 Å². The van der Waals surface area contributed by atoms with Crippen molar-refractivity contribution in [2.45, 2.75) is 38.6 Å². The summed E-state index contributed by atoms with van der Waals surface area (Å²) in [7, 11) is 1.63. The Morgan fingerprint density at radius 3 is 2.39 bits per heavy atom. The smallest absolute Gasteiger partial charge is 0.407 e. The third kappa shape index (κ3) is 4.33. The minimum atomic E-state index is -0.872. The summed E-state index contributed by atoms with van der Waals surface area (Å²) in [6.45, 7) is 3.92. The van der Waals surface area contributed by atoms with Crippen LogP contribution in [-0.2, 0) is 6.42 Å². The number of halogens is 1. The fraction of sp³-hybridized carbons (Fsp3) is 0.500. The molecular weight excluding hydrogens is 294 g/mol. The van der Waals surface area contributed by atoms with Crippen molar-refractivity contribution in [2.24, 2.45) is 0 Å². The Balaban J connectivity index is 2.46. The lowest BCUT2D eigenvalue weighted by Gasteiger charge is -2.33. The molecule has 1 amide bonds. The monoisotopic (exact) mass is 313 g/mol. The maximum absolute atomic E-state index is 10.9. The lowest BCUT2D eigenvalue weighted by Crippen LogP contribution is -2.44. The van der Waals surface area contributed by atoms with Crippen molar-refractivity contribution >= 4 is 22.0 Å². The first-order valence-electron chi connectivity index (χ1n) is 6.04. The number of amides is 1. The van der Waals surface area contributed by atoms with E-state index >= 15 is 0 Å². The molecule has 0 heterocycles. The SMILES string of the molecule is CN(C(=O)O)C(C)(C)CCCc1ccc(Br)cc1. The molecule has 1 rings (SSSR count). The molecule has 18 heavy (non-hydrogen) atoms. The first-order chi connectivity index (χ1) is 8.33. The third-order valence-electron chi connectivity index (χ3n) is 3.36. The number of rotatable bonds is 5. The van der Waals surface area contributed by atoms with Crippen LogP contribution in [0.2, 0.25) is 0 Å². The molecule has 0 aliphatic heterocycles. The van der Waals surface area contributed by atoms with Crippen LogP contribution in [0.5, 0.6) is 0 Å². The Labute approximate surface area is 117 Å². The van der Waals surface area contributed by atoms with Crippen molar-refractivity contribution in [1.29, 1.82) is 0 Å². The summed E-state index contributed by atoms with van der Waals surface area (Å²) in [6.07, 6.45) is 1.94. The van der Waals surface area contributed by atoms with Crippen LogP contribution in [0.4, 0.5) is 4.79 Å². The van der Waals surface area contributed by atoms with Crippen molar-refractivity contribution < 1.29 is 9.90 Å². The molecule has 0 aliphatic rings. The van der Waals surface area contributed by atoms with Crippen LogP contribution in [-0.4, -0.2) is 28.7 Å². The number of carbonyl (C=O) groups is 1. The van der Waals surface area contributed by atoms with Crippen molar-refractivity contribution in [3.63, 3.8) is 0 Å². The highest BCUT2D eigenvalue weighted by atomic mass is 79.9. The Bertz CT molecular complexity index is 401. The lowest BCUT2D eigenvalue weighted by atomic mass is 9.94. The van der Waals surface area contributed by atoms with E-state index in [9.17, 15) is 4.79 Å². The van der Waals surface area contributed by atoms with E-state index in [2.05, 4.69) is 28.1 Å². The molecule has 0 radical (unpaired) electrons. The predicted octanol–water partition coefficient (Wildman–Crippen LogP) is 4.16. The van der Waals surface area contributed by atoms with Gasteiger partial charge in [-0.1, -0.05) is 28.1 Å². The molecule has 0 aliphatic carbocycles. The Kier molecular flexibility index (Phi) is 5.20. The molecule has 0 aromatic heterocycles. The average Bonchev–Trinajstić information content (AvgIpc) is 2.30. The Morgan fingerprint density at radius 1 is 1.33 bits per heavy atom. The highest BCUT2D eigenvalue weighted by molar-refractivity contribution is 9.10. The first kappa shape index (κ1) is 15.0. The van der Waals surface area contributed by atoms with E-state index in [1.807, 2.05) is 26.0 Å². The highest BCUT2D eigenvalue weighted by Crippen LogP contribution is 2.21. The highest BCUT2D eigenvalue weighted by Gasteiger charge is 2.26. The molecule has 0 saturated heterocycles. The van der Waals surface area contributed by atoms with Gasteiger partial charge in [0.05, 0.1) is 0 Å². The van der Waals surface area contributed by atoms with E-state index in [-0.39, 0.29) is 5.54 Å². The minimum Gasteiger partial charge on any atom is -0.465 e. The van der Waals surface area contributed by atoms with E-state index in [1.165, 1.54) is 10.5 Å². The van der Waals surface area contributed by atoms with Crippen LogP contribution >= 0.6 is 15.9 Å². The second-order valence-corrected chi connectivity index (χ2v) is 6.05. The van der Waals surface area contributed by atoms with E-state index < -0.39 is 6.09 Å². The predicted molar refractivity (Wildman–Crippen MR) is 76.9 cm³/mol. The number of aryl methyl sites for hydroxylation is 1.